The number of carbonyl (C=O) groups excluding carboxylic acids is 1. The van der Waals surface area contributed by atoms with Gasteiger partial charge in [0.1, 0.15) is 12.1 Å². The zero-order valence-electron chi connectivity index (χ0n) is 18.9. The van der Waals surface area contributed by atoms with Gasteiger partial charge in [0.25, 0.3) is 5.91 Å². The molecule has 1 amide bonds. The molecule has 3 heterocycles. The first-order valence-electron chi connectivity index (χ1n) is 11.0. The van der Waals surface area contributed by atoms with Crippen LogP contribution in [0.2, 0.25) is 5.02 Å². The zero-order valence-corrected chi connectivity index (χ0v) is 19.7. The molecule has 1 saturated heterocycles. The predicted molar refractivity (Wildman–Crippen MR) is 129 cm³/mol. The molecule has 0 unspecified atom stereocenters. The smallest absolute Gasteiger partial charge is 0.266 e. The molecule has 1 fully saturated rings. The van der Waals surface area contributed by atoms with E-state index in [0.29, 0.717) is 48.1 Å². The molecular formula is C24H24ClN7O2. The largest absolute Gasteiger partial charge is 0.478 e. The van der Waals surface area contributed by atoms with Gasteiger partial charge in [-0.2, -0.15) is 4.68 Å². The lowest BCUT2D eigenvalue weighted by molar-refractivity contribution is -0.145. The minimum absolute atomic E-state index is 0.0649. The molecule has 0 bridgehead atoms. The van der Waals surface area contributed by atoms with Crippen LogP contribution in [0.15, 0.2) is 60.9 Å². The highest BCUT2D eigenvalue weighted by Crippen LogP contribution is 2.26. The monoisotopic (exact) mass is 477 g/mol. The number of aromatic nitrogens is 5. The summed E-state index contributed by atoms with van der Waals surface area (Å²) in [5, 5.41) is 9.26. The maximum absolute atomic E-state index is 13.2. The third-order valence-electron chi connectivity index (χ3n) is 5.79. The summed E-state index contributed by atoms with van der Waals surface area (Å²) in [6.45, 7) is 5.90. The average Bonchev–Trinajstić information content (AvgIpc) is 3.30. The number of ether oxygens (including phenoxy) is 1. The number of para-hydroxylation sites is 1. The van der Waals surface area contributed by atoms with Crippen molar-refractivity contribution in [3.8, 4) is 11.4 Å². The number of anilines is 1. The van der Waals surface area contributed by atoms with Crippen LogP contribution in [0.3, 0.4) is 0 Å². The quantitative estimate of drug-likeness (QED) is 0.435. The highest BCUT2D eigenvalue weighted by molar-refractivity contribution is 6.30. The summed E-state index contributed by atoms with van der Waals surface area (Å²) in [7, 11) is 0. The number of halogens is 1. The van der Waals surface area contributed by atoms with Crippen molar-refractivity contribution >= 4 is 34.5 Å². The van der Waals surface area contributed by atoms with Crippen LogP contribution >= 0.6 is 11.6 Å². The van der Waals surface area contributed by atoms with Crippen molar-refractivity contribution in [3.63, 3.8) is 0 Å². The average molecular weight is 478 g/mol. The molecule has 34 heavy (non-hydrogen) atoms. The minimum Gasteiger partial charge on any atom is -0.478 e. The third kappa shape index (κ3) is 4.26. The van der Waals surface area contributed by atoms with Gasteiger partial charge in [0.2, 0.25) is 0 Å². The number of carbonyl (C=O) groups is 1. The summed E-state index contributed by atoms with van der Waals surface area (Å²) in [5.41, 5.74) is 1.16. The molecule has 9 nitrogen and oxygen atoms in total. The van der Waals surface area contributed by atoms with E-state index >= 15 is 0 Å². The normalized spacial score (nSPS) is 14.4. The van der Waals surface area contributed by atoms with Crippen LogP contribution in [-0.2, 0) is 4.79 Å². The van der Waals surface area contributed by atoms with Crippen LogP contribution in [0, 0.1) is 0 Å². The van der Waals surface area contributed by atoms with E-state index in [1.54, 1.807) is 42.8 Å². The molecule has 1 aliphatic heterocycles. The Balaban J connectivity index is 1.29. The minimum atomic E-state index is -1.00. The van der Waals surface area contributed by atoms with Gasteiger partial charge < -0.3 is 14.5 Å². The van der Waals surface area contributed by atoms with Crippen LogP contribution < -0.4 is 9.64 Å². The van der Waals surface area contributed by atoms with Gasteiger partial charge in [-0.25, -0.2) is 9.97 Å². The number of hydrogen-bond donors (Lipinski definition) is 0. The van der Waals surface area contributed by atoms with Crippen molar-refractivity contribution in [1.82, 2.24) is 29.9 Å². The fraction of sp³-hybridized carbons (Fsp3) is 0.292. The summed E-state index contributed by atoms with van der Waals surface area (Å²) in [6, 6.07) is 16.8. The number of fused-ring (bicyclic) bond motifs is 1. The molecule has 0 saturated carbocycles. The lowest BCUT2D eigenvalue weighted by Crippen LogP contribution is -2.56. The van der Waals surface area contributed by atoms with Gasteiger partial charge in [-0.05, 0) is 50.2 Å². The van der Waals surface area contributed by atoms with Gasteiger partial charge in [0.15, 0.2) is 22.6 Å². The first-order chi connectivity index (χ1) is 16.4. The van der Waals surface area contributed by atoms with Crippen LogP contribution in [-0.4, -0.2) is 67.5 Å². The summed E-state index contributed by atoms with van der Waals surface area (Å²) in [6.07, 6.45) is 1.53. The lowest BCUT2D eigenvalue weighted by atomic mass is 10.1. The summed E-state index contributed by atoms with van der Waals surface area (Å²) in [5.74, 6) is 1.26. The molecule has 0 spiro atoms. The fourth-order valence-corrected chi connectivity index (χ4v) is 4.18. The Labute approximate surface area is 201 Å². The Hall–Kier alpha value is -3.72. The van der Waals surface area contributed by atoms with E-state index in [0.717, 1.165) is 11.5 Å². The van der Waals surface area contributed by atoms with E-state index in [1.807, 2.05) is 35.2 Å². The highest BCUT2D eigenvalue weighted by atomic mass is 35.5. The molecule has 10 heteroatoms. The van der Waals surface area contributed by atoms with Gasteiger partial charge >= 0.3 is 0 Å². The maximum atomic E-state index is 13.2. The Kier molecular flexibility index (Phi) is 5.79. The summed E-state index contributed by atoms with van der Waals surface area (Å²) in [4.78, 5) is 26.0. The van der Waals surface area contributed by atoms with Gasteiger partial charge in [-0.15, -0.1) is 5.10 Å². The SMILES string of the molecule is CC(C)(Oc1ccc(Cl)cc1)C(=O)N1CCN(c2ncnc3c2nnn3-c2ccccc2)CC1. The Bertz CT molecular complexity index is 1300. The zero-order chi connectivity index (χ0) is 23.7. The molecule has 1 aliphatic rings. The molecule has 5 rings (SSSR count). The van der Waals surface area contributed by atoms with E-state index in [1.165, 1.54) is 6.33 Å². The topological polar surface area (TPSA) is 89.3 Å². The van der Waals surface area contributed by atoms with Crippen molar-refractivity contribution in [2.24, 2.45) is 0 Å². The van der Waals surface area contributed by atoms with E-state index in [4.69, 9.17) is 16.3 Å². The molecule has 0 radical (unpaired) electrons. The number of rotatable bonds is 5. The van der Waals surface area contributed by atoms with Crippen LogP contribution in [0.25, 0.3) is 16.9 Å². The van der Waals surface area contributed by atoms with Crippen molar-refractivity contribution < 1.29 is 9.53 Å². The molecule has 0 aliphatic carbocycles. The molecule has 0 atom stereocenters. The molecule has 2 aromatic carbocycles. The Morgan fingerprint density at radius 2 is 1.68 bits per heavy atom. The number of piperazine rings is 1. The maximum Gasteiger partial charge on any atom is 0.266 e. The van der Waals surface area contributed by atoms with Crippen molar-refractivity contribution in [3.05, 3.63) is 65.9 Å². The molecular weight excluding hydrogens is 454 g/mol. The fourth-order valence-electron chi connectivity index (χ4n) is 4.05. The summed E-state index contributed by atoms with van der Waals surface area (Å²) >= 11 is 5.95. The van der Waals surface area contributed by atoms with Crippen molar-refractivity contribution in [2.45, 2.75) is 19.4 Å². The summed E-state index contributed by atoms with van der Waals surface area (Å²) < 4.78 is 7.69. The van der Waals surface area contributed by atoms with Crippen molar-refractivity contribution in [1.29, 1.82) is 0 Å². The Morgan fingerprint density at radius 3 is 2.38 bits per heavy atom. The number of amides is 1. The standard InChI is InChI=1S/C24H24ClN7O2/c1-24(2,34-19-10-8-17(25)9-11-19)23(33)31-14-12-30(13-15-31)21-20-22(27-16-26-21)32(29-28-20)18-6-4-3-5-7-18/h3-11,16H,12-15H2,1-2H3. The van der Waals surface area contributed by atoms with E-state index in [9.17, 15) is 4.79 Å². The highest BCUT2D eigenvalue weighted by Gasteiger charge is 2.36. The van der Waals surface area contributed by atoms with Gasteiger partial charge in [0.05, 0.1) is 5.69 Å². The first-order valence-corrected chi connectivity index (χ1v) is 11.4. The predicted octanol–water partition coefficient (Wildman–Crippen LogP) is 3.37. The molecule has 174 valence electrons. The molecule has 4 aromatic rings. The van der Waals surface area contributed by atoms with Gasteiger partial charge in [-0.3, -0.25) is 4.79 Å². The molecule has 0 N–H and O–H groups in total. The number of nitrogens with zero attached hydrogens (tertiary/aromatic N) is 7. The van der Waals surface area contributed by atoms with Gasteiger partial charge in [-0.1, -0.05) is 35.0 Å². The van der Waals surface area contributed by atoms with Gasteiger partial charge in [0, 0.05) is 31.2 Å². The second-order valence-corrected chi connectivity index (χ2v) is 8.99. The van der Waals surface area contributed by atoms with Crippen LogP contribution in [0.1, 0.15) is 13.8 Å². The van der Waals surface area contributed by atoms with E-state index in [-0.39, 0.29) is 5.91 Å². The first kappa shape index (κ1) is 22.1. The van der Waals surface area contributed by atoms with Crippen LogP contribution in [0.5, 0.6) is 5.75 Å². The number of hydrogen-bond acceptors (Lipinski definition) is 7. The van der Waals surface area contributed by atoms with E-state index < -0.39 is 5.60 Å². The van der Waals surface area contributed by atoms with Crippen LogP contribution in [0.4, 0.5) is 5.82 Å². The van der Waals surface area contributed by atoms with Crippen molar-refractivity contribution in [2.75, 3.05) is 31.1 Å². The lowest BCUT2D eigenvalue weighted by Gasteiger charge is -2.38. The van der Waals surface area contributed by atoms with E-state index in [2.05, 4.69) is 25.2 Å². The molecule has 2 aromatic heterocycles. The second kappa shape index (κ2) is 8.90. The number of benzene rings is 2. The Morgan fingerprint density at radius 1 is 0.971 bits per heavy atom. The second-order valence-electron chi connectivity index (χ2n) is 8.55. The third-order valence-corrected chi connectivity index (χ3v) is 6.04.